The molecular weight excluding hydrogens is 340 g/mol. The summed E-state index contributed by atoms with van der Waals surface area (Å²) in [6, 6.07) is 4.22. The van der Waals surface area contributed by atoms with Gasteiger partial charge >= 0.3 is 5.69 Å². The number of rotatable bonds is 5. The first-order valence-electron chi connectivity index (χ1n) is 9.91. The number of fused-ring (bicyclic) bond motifs is 3. The lowest BCUT2D eigenvalue weighted by Crippen LogP contribution is -2.32. The molecule has 0 saturated heterocycles. The van der Waals surface area contributed by atoms with Crippen molar-refractivity contribution in [2.24, 2.45) is 0 Å². The van der Waals surface area contributed by atoms with E-state index in [0.717, 1.165) is 48.8 Å². The van der Waals surface area contributed by atoms with Crippen LogP contribution >= 0.6 is 0 Å². The van der Waals surface area contributed by atoms with Gasteiger partial charge in [0.2, 0.25) is 0 Å². The second kappa shape index (κ2) is 6.48. The zero-order valence-electron chi connectivity index (χ0n) is 15.6. The van der Waals surface area contributed by atoms with Crippen LogP contribution in [0.5, 0.6) is 0 Å². The van der Waals surface area contributed by atoms with Crippen LogP contribution in [0.4, 0.5) is 5.82 Å². The maximum absolute atomic E-state index is 13.1. The van der Waals surface area contributed by atoms with Crippen LogP contribution in [-0.4, -0.2) is 30.1 Å². The van der Waals surface area contributed by atoms with Gasteiger partial charge < -0.3 is 5.32 Å². The van der Waals surface area contributed by atoms with E-state index in [9.17, 15) is 4.79 Å². The lowest BCUT2D eigenvalue weighted by molar-refractivity contribution is 0.404. The van der Waals surface area contributed by atoms with Crippen LogP contribution in [0, 0.1) is 0 Å². The van der Waals surface area contributed by atoms with Gasteiger partial charge in [-0.1, -0.05) is 13.3 Å². The zero-order valence-corrected chi connectivity index (χ0v) is 15.6. The number of anilines is 1. The molecule has 7 nitrogen and oxygen atoms in total. The summed E-state index contributed by atoms with van der Waals surface area (Å²) in [5.41, 5.74) is 2.08. The lowest BCUT2D eigenvalue weighted by Gasteiger charge is -2.21. The van der Waals surface area contributed by atoms with Gasteiger partial charge in [-0.05, 0) is 43.4 Å². The monoisotopic (exact) mass is 364 g/mol. The van der Waals surface area contributed by atoms with E-state index in [0.29, 0.717) is 19.0 Å². The summed E-state index contributed by atoms with van der Waals surface area (Å²) in [7, 11) is 0. The highest BCUT2D eigenvalue weighted by molar-refractivity contribution is 5.70. The largest absolute Gasteiger partial charge is 0.365 e. The summed E-state index contributed by atoms with van der Waals surface area (Å²) in [6.07, 6.45) is 8.92. The predicted octanol–water partition coefficient (Wildman–Crippen LogP) is 2.65. The van der Waals surface area contributed by atoms with Crippen molar-refractivity contribution in [2.45, 2.75) is 64.1 Å². The molecule has 0 unspecified atom stereocenters. The van der Waals surface area contributed by atoms with Crippen LogP contribution in [-0.2, 0) is 19.5 Å². The number of pyridine rings is 1. The van der Waals surface area contributed by atoms with Crippen molar-refractivity contribution < 1.29 is 0 Å². The van der Waals surface area contributed by atoms with Gasteiger partial charge in [0.1, 0.15) is 17.3 Å². The Morgan fingerprint density at radius 2 is 2.04 bits per heavy atom. The summed E-state index contributed by atoms with van der Waals surface area (Å²) in [5.74, 6) is 2.94. The second-order valence-corrected chi connectivity index (χ2v) is 7.68. The van der Waals surface area contributed by atoms with Crippen molar-refractivity contribution in [1.29, 1.82) is 0 Å². The molecule has 1 aliphatic carbocycles. The van der Waals surface area contributed by atoms with Gasteiger partial charge in [0.05, 0.1) is 0 Å². The molecule has 0 amide bonds. The molecule has 0 aromatic carbocycles. The van der Waals surface area contributed by atoms with Gasteiger partial charge in [0.25, 0.3) is 0 Å². The molecule has 1 atom stereocenters. The molecule has 0 spiro atoms. The molecule has 1 fully saturated rings. The minimum Gasteiger partial charge on any atom is -0.365 e. The quantitative estimate of drug-likeness (QED) is 0.753. The Balaban J connectivity index is 1.55. The minimum absolute atomic E-state index is 0.0177. The number of imidazole rings is 1. The number of nitrogens with one attached hydrogen (secondary N) is 1. The fraction of sp³-hybridized carbons (Fsp3) is 0.500. The van der Waals surface area contributed by atoms with Gasteiger partial charge in [-0.25, -0.2) is 14.8 Å². The average Bonchev–Trinajstić information content (AvgIpc) is 3.22. The van der Waals surface area contributed by atoms with E-state index in [2.05, 4.69) is 17.2 Å². The van der Waals surface area contributed by atoms with Crippen LogP contribution in [0.25, 0.3) is 11.5 Å². The van der Waals surface area contributed by atoms with Gasteiger partial charge in [-0.3, -0.25) is 14.1 Å². The molecule has 4 aliphatic rings. The van der Waals surface area contributed by atoms with E-state index < -0.39 is 0 Å². The fourth-order valence-corrected chi connectivity index (χ4v) is 4.13. The smallest absolute Gasteiger partial charge is 0.331 e. The Hall–Kier alpha value is -2.70. The molecule has 0 radical (unpaired) electrons. The first-order valence-corrected chi connectivity index (χ1v) is 9.91. The highest BCUT2D eigenvalue weighted by Gasteiger charge is 2.33. The SMILES string of the molecule is CCCn1c2nc(C3CCC3)nc-2c2n(c1=O)C[C@@H](Cc1ccncc1)N2. The number of hydrogen-bond donors (Lipinski definition) is 1. The summed E-state index contributed by atoms with van der Waals surface area (Å²) in [6.45, 7) is 3.42. The van der Waals surface area contributed by atoms with Crippen LogP contribution in [0.2, 0.25) is 0 Å². The molecule has 1 aromatic rings. The molecule has 7 heteroatoms. The van der Waals surface area contributed by atoms with E-state index in [1.54, 1.807) is 0 Å². The molecule has 5 rings (SSSR count). The number of aromatic nitrogens is 5. The molecule has 1 saturated carbocycles. The summed E-state index contributed by atoms with van der Waals surface area (Å²) in [4.78, 5) is 26.9. The van der Waals surface area contributed by atoms with Crippen LogP contribution in [0.15, 0.2) is 29.3 Å². The van der Waals surface area contributed by atoms with Gasteiger partial charge in [-0.15, -0.1) is 0 Å². The first kappa shape index (κ1) is 16.5. The van der Waals surface area contributed by atoms with E-state index in [1.807, 2.05) is 33.7 Å². The van der Waals surface area contributed by atoms with Crippen molar-refractivity contribution in [3.8, 4) is 11.5 Å². The molecular formula is C20H24N6O. The van der Waals surface area contributed by atoms with Crippen LogP contribution in [0.1, 0.15) is 49.9 Å². The lowest BCUT2D eigenvalue weighted by atomic mass is 9.85. The molecule has 3 aliphatic heterocycles. The Labute approximate surface area is 157 Å². The number of hydrogen-bond acceptors (Lipinski definition) is 5. The molecule has 4 heterocycles. The Morgan fingerprint density at radius 1 is 1.22 bits per heavy atom. The summed E-state index contributed by atoms with van der Waals surface area (Å²) < 4.78 is 3.66. The topological polar surface area (TPSA) is 77.6 Å². The van der Waals surface area contributed by atoms with Crippen molar-refractivity contribution in [2.75, 3.05) is 5.32 Å². The third-order valence-corrected chi connectivity index (χ3v) is 5.76. The standard InChI is InChI=1S/C20H24N6O/c1-2-10-25-19-16(23-17(24-19)14-4-3-5-14)18-22-15(12-26(18)20(25)27)11-13-6-8-21-9-7-13/h6-9,14-15,22H,2-5,10-12H2,1H3/t15-/m1/s1. The molecule has 1 N–H and O–H groups in total. The van der Waals surface area contributed by atoms with Crippen LogP contribution < -0.4 is 11.0 Å². The normalized spacial score (nSPS) is 19.1. The number of nitrogens with zero attached hydrogens (tertiary/aromatic N) is 5. The van der Waals surface area contributed by atoms with Gasteiger partial charge in [-0.2, -0.15) is 0 Å². The van der Waals surface area contributed by atoms with E-state index in [4.69, 9.17) is 9.97 Å². The van der Waals surface area contributed by atoms with E-state index in [1.165, 1.54) is 12.0 Å². The maximum Gasteiger partial charge on any atom is 0.331 e. The Bertz CT molecular complexity index is 988. The molecule has 1 aromatic heterocycles. The minimum atomic E-state index is 0.0177. The second-order valence-electron chi connectivity index (χ2n) is 7.68. The van der Waals surface area contributed by atoms with Crippen molar-refractivity contribution in [3.63, 3.8) is 0 Å². The Morgan fingerprint density at radius 3 is 2.74 bits per heavy atom. The van der Waals surface area contributed by atoms with Gasteiger partial charge in [0, 0.05) is 37.4 Å². The predicted molar refractivity (Wildman–Crippen MR) is 103 cm³/mol. The highest BCUT2D eigenvalue weighted by atomic mass is 16.1. The fourth-order valence-electron chi connectivity index (χ4n) is 4.13. The summed E-state index contributed by atoms with van der Waals surface area (Å²) in [5, 5.41) is 3.55. The van der Waals surface area contributed by atoms with Crippen LogP contribution in [0.3, 0.4) is 0 Å². The maximum atomic E-state index is 13.1. The van der Waals surface area contributed by atoms with Crippen molar-refractivity contribution in [1.82, 2.24) is 24.1 Å². The molecule has 27 heavy (non-hydrogen) atoms. The van der Waals surface area contributed by atoms with Crippen molar-refractivity contribution >= 4 is 5.82 Å². The molecule has 0 bridgehead atoms. The molecule has 140 valence electrons. The first-order chi connectivity index (χ1) is 13.2. The van der Waals surface area contributed by atoms with E-state index in [-0.39, 0.29) is 11.7 Å². The third kappa shape index (κ3) is 2.72. The van der Waals surface area contributed by atoms with Crippen molar-refractivity contribution in [3.05, 3.63) is 46.4 Å². The van der Waals surface area contributed by atoms with E-state index >= 15 is 0 Å². The average molecular weight is 364 g/mol. The zero-order chi connectivity index (χ0) is 18.4. The highest BCUT2D eigenvalue weighted by Crippen LogP contribution is 2.38. The Kier molecular flexibility index (Phi) is 3.95. The summed E-state index contributed by atoms with van der Waals surface area (Å²) >= 11 is 0. The van der Waals surface area contributed by atoms with Gasteiger partial charge in [0.15, 0.2) is 5.82 Å². The third-order valence-electron chi connectivity index (χ3n) is 5.76.